The maximum absolute atomic E-state index is 12.6. The van der Waals surface area contributed by atoms with Gasteiger partial charge in [-0.1, -0.05) is 54.6 Å². The summed E-state index contributed by atoms with van der Waals surface area (Å²) in [6.45, 7) is 0. The van der Waals surface area contributed by atoms with Crippen LogP contribution in [0.2, 0.25) is 0 Å². The van der Waals surface area contributed by atoms with Crippen LogP contribution in [0, 0.1) is 0 Å². The van der Waals surface area contributed by atoms with Crippen molar-refractivity contribution in [3.05, 3.63) is 71.3 Å². The number of aliphatic carboxylic acids is 2. The molecule has 0 aliphatic rings. The van der Waals surface area contributed by atoms with Gasteiger partial charge in [-0.05, 0) is 36.0 Å². The van der Waals surface area contributed by atoms with Crippen LogP contribution >= 0.6 is 0 Å². The van der Waals surface area contributed by atoms with Crippen LogP contribution in [0.1, 0.15) is 42.4 Å². The Kier molecular flexibility index (Phi) is 10.9. The number of nitrogens with zero attached hydrogens (tertiary/aromatic N) is 1. The zero-order valence-electron chi connectivity index (χ0n) is 19.2. The van der Waals surface area contributed by atoms with Crippen molar-refractivity contribution < 1.29 is 29.4 Å². The van der Waals surface area contributed by atoms with Gasteiger partial charge in [0.15, 0.2) is 0 Å². The first-order valence-corrected chi connectivity index (χ1v) is 11.2. The van der Waals surface area contributed by atoms with Gasteiger partial charge >= 0.3 is 11.9 Å². The number of hydrogen-bond donors (Lipinski definition) is 5. The zero-order chi connectivity index (χ0) is 25.6. The molecule has 10 heteroatoms. The molecule has 0 fully saturated rings. The highest BCUT2D eigenvalue weighted by Crippen LogP contribution is 2.09. The Hall–Kier alpha value is -4.21. The summed E-state index contributed by atoms with van der Waals surface area (Å²) in [4.78, 5) is 47.9. The van der Waals surface area contributed by atoms with E-state index in [9.17, 15) is 24.3 Å². The predicted octanol–water partition coefficient (Wildman–Crippen LogP) is 1.46. The minimum atomic E-state index is -1.38. The summed E-state index contributed by atoms with van der Waals surface area (Å²) < 4.78 is 0. The van der Waals surface area contributed by atoms with E-state index in [1.54, 1.807) is 36.5 Å². The number of nitrogens with two attached hydrogens (primary N) is 1. The first kappa shape index (κ1) is 27.0. The highest BCUT2D eigenvalue weighted by Gasteiger charge is 2.28. The molecular formula is C25H30N4O6. The van der Waals surface area contributed by atoms with Crippen LogP contribution in [0.5, 0.6) is 0 Å². The second-order valence-corrected chi connectivity index (χ2v) is 8.04. The number of hydrogen-bond acceptors (Lipinski definition) is 6. The van der Waals surface area contributed by atoms with Crippen LogP contribution in [0.3, 0.4) is 0 Å². The number of aryl methyl sites for hydroxylation is 1. The summed E-state index contributed by atoms with van der Waals surface area (Å²) in [7, 11) is 0. The van der Waals surface area contributed by atoms with Gasteiger partial charge in [-0.15, -0.1) is 0 Å². The molecule has 10 nitrogen and oxygen atoms in total. The predicted molar refractivity (Wildman–Crippen MR) is 130 cm³/mol. The molecular weight excluding hydrogens is 452 g/mol. The lowest BCUT2D eigenvalue weighted by Crippen LogP contribution is -2.52. The molecule has 2 rings (SSSR count). The van der Waals surface area contributed by atoms with Crippen molar-refractivity contribution >= 4 is 30.0 Å². The van der Waals surface area contributed by atoms with Crippen LogP contribution in [-0.2, 0) is 32.0 Å². The summed E-state index contributed by atoms with van der Waals surface area (Å²) >= 11 is 0. The Labute approximate surface area is 203 Å². The van der Waals surface area contributed by atoms with E-state index in [0.717, 1.165) is 17.5 Å². The van der Waals surface area contributed by atoms with Crippen molar-refractivity contribution in [3.8, 4) is 0 Å². The molecule has 0 aliphatic carbocycles. The lowest BCUT2D eigenvalue weighted by atomic mass is 10.0. The number of rotatable bonds is 14. The van der Waals surface area contributed by atoms with Crippen molar-refractivity contribution in [1.29, 1.82) is 0 Å². The standard InChI is InChI=1S/C25H30N4O6/c26-27-16-19-11-6-10-17(13-19)9-4-5-12-22(30)28-20(15-23(31)32)24(33)29-21(25(34)35)14-18-7-2-1-3-8-18/h1-3,6-8,10-11,13,16,20-21H,4-5,9,12,14-15,26H2,(H,28,30)(H,29,33)(H,31,32)(H,34,35)/t20-,21-/m0/s1. The van der Waals surface area contributed by atoms with Gasteiger partial charge in [0.05, 0.1) is 12.6 Å². The molecule has 6 N–H and O–H groups in total. The van der Waals surface area contributed by atoms with Crippen LogP contribution in [-0.4, -0.2) is 52.3 Å². The lowest BCUT2D eigenvalue weighted by molar-refractivity contribution is -0.143. The van der Waals surface area contributed by atoms with Crippen molar-refractivity contribution in [2.45, 2.75) is 50.6 Å². The number of nitrogens with one attached hydrogen (secondary N) is 2. The normalized spacial score (nSPS) is 12.6. The quantitative estimate of drug-likeness (QED) is 0.117. The largest absolute Gasteiger partial charge is 0.481 e. The lowest BCUT2D eigenvalue weighted by Gasteiger charge is -2.20. The van der Waals surface area contributed by atoms with Crippen LogP contribution in [0.15, 0.2) is 59.7 Å². The van der Waals surface area contributed by atoms with Crippen molar-refractivity contribution in [1.82, 2.24) is 10.6 Å². The monoisotopic (exact) mass is 482 g/mol. The van der Waals surface area contributed by atoms with E-state index in [2.05, 4.69) is 15.7 Å². The molecule has 0 heterocycles. The Morgan fingerprint density at radius 1 is 0.914 bits per heavy atom. The first-order valence-electron chi connectivity index (χ1n) is 11.2. The Balaban J connectivity index is 1.88. The average molecular weight is 483 g/mol. The van der Waals surface area contributed by atoms with E-state index in [4.69, 9.17) is 10.9 Å². The molecule has 0 radical (unpaired) electrons. The van der Waals surface area contributed by atoms with Crippen LogP contribution in [0.25, 0.3) is 0 Å². The number of carbonyl (C=O) groups excluding carboxylic acids is 2. The molecule has 2 aromatic rings. The van der Waals surface area contributed by atoms with E-state index in [-0.39, 0.29) is 12.8 Å². The summed E-state index contributed by atoms with van der Waals surface area (Å²) in [6.07, 6.45) is 2.94. The van der Waals surface area contributed by atoms with Gasteiger partial charge in [-0.3, -0.25) is 14.4 Å². The smallest absolute Gasteiger partial charge is 0.326 e. The molecule has 186 valence electrons. The third-order valence-electron chi connectivity index (χ3n) is 5.22. The maximum Gasteiger partial charge on any atom is 0.326 e. The Morgan fingerprint density at radius 3 is 2.29 bits per heavy atom. The first-order chi connectivity index (χ1) is 16.8. The van der Waals surface area contributed by atoms with Gasteiger partial charge in [-0.2, -0.15) is 5.10 Å². The molecule has 0 bridgehead atoms. The number of carboxylic acids is 2. The van der Waals surface area contributed by atoms with Crippen LogP contribution in [0.4, 0.5) is 0 Å². The van der Waals surface area contributed by atoms with Gasteiger partial charge in [-0.25, -0.2) is 4.79 Å². The molecule has 0 saturated carbocycles. The second-order valence-electron chi connectivity index (χ2n) is 8.04. The molecule has 0 saturated heterocycles. The molecule has 0 aliphatic heterocycles. The van der Waals surface area contributed by atoms with Crippen molar-refractivity contribution in [2.75, 3.05) is 0 Å². The van der Waals surface area contributed by atoms with Gasteiger partial charge in [0.2, 0.25) is 11.8 Å². The molecule has 2 aromatic carbocycles. The summed E-state index contributed by atoms with van der Waals surface area (Å²) in [6, 6.07) is 13.7. The fourth-order valence-electron chi connectivity index (χ4n) is 3.50. The molecule has 0 spiro atoms. The number of carbonyl (C=O) groups is 4. The molecule has 35 heavy (non-hydrogen) atoms. The highest BCUT2D eigenvalue weighted by atomic mass is 16.4. The maximum atomic E-state index is 12.6. The number of amides is 2. The molecule has 2 amide bonds. The summed E-state index contributed by atoms with van der Waals surface area (Å²) in [5, 5.41) is 26.9. The van der Waals surface area contributed by atoms with E-state index in [0.29, 0.717) is 18.4 Å². The zero-order valence-corrected chi connectivity index (χ0v) is 19.2. The Morgan fingerprint density at radius 2 is 1.63 bits per heavy atom. The number of hydrazone groups is 1. The highest BCUT2D eigenvalue weighted by molar-refractivity contribution is 5.92. The fraction of sp³-hybridized carbons (Fsp3) is 0.320. The number of carboxylic acid groups (broad SMARTS) is 2. The van der Waals surface area contributed by atoms with E-state index < -0.39 is 42.3 Å². The Bertz CT molecular complexity index is 1040. The molecule has 2 atom stereocenters. The van der Waals surface area contributed by atoms with Crippen molar-refractivity contribution in [2.24, 2.45) is 10.9 Å². The van der Waals surface area contributed by atoms with Crippen molar-refractivity contribution in [3.63, 3.8) is 0 Å². The van der Waals surface area contributed by atoms with E-state index >= 15 is 0 Å². The number of unbranched alkanes of at least 4 members (excludes halogenated alkanes) is 1. The minimum Gasteiger partial charge on any atom is -0.481 e. The topological polar surface area (TPSA) is 171 Å². The summed E-state index contributed by atoms with van der Waals surface area (Å²) in [5.41, 5.74) is 2.63. The second kappa shape index (κ2) is 14.1. The minimum absolute atomic E-state index is 0.0218. The van der Waals surface area contributed by atoms with Crippen LogP contribution < -0.4 is 16.5 Å². The third-order valence-corrected chi connectivity index (χ3v) is 5.22. The number of benzene rings is 2. The van der Waals surface area contributed by atoms with Gasteiger partial charge < -0.3 is 26.7 Å². The van der Waals surface area contributed by atoms with Gasteiger partial charge in [0, 0.05) is 12.8 Å². The SMILES string of the molecule is NN=Cc1cccc(CCCCC(=O)N[C@@H](CC(=O)O)C(=O)N[C@@H](Cc2ccccc2)C(=O)O)c1. The molecule has 0 aromatic heterocycles. The third kappa shape index (κ3) is 10.1. The van der Waals surface area contributed by atoms with E-state index in [1.165, 1.54) is 0 Å². The van der Waals surface area contributed by atoms with Gasteiger partial charge in [0.1, 0.15) is 12.1 Å². The van der Waals surface area contributed by atoms with E-state index in [1.807, 2.05) is 24.3 Å². The fourth-order valence-corrected chi connectivity index (χ4v) is 3.50. The van der Waals surface area contributed by atoms with Gasteiger partial charge in [0.25, 0.3) is 0 Å². The average Bonchev–Trinajstić information content (AvgIpc) is 2.82. The summed E-state index contributed by atoms with van der Waals surface area (Å²) in [5.74, 6) is 1.27. The molecule has 0 unspecified atom stereocenters.